The zero-order chi connectivity index (χ0) is 21.5. The maximum Gasteiger partial charge on any atom is 0.327 e. The molecule has 2 N–H and O–H groups in total. The molecule has 9 heteroatoms. The number of nitrogens with zero attached hydrogens (tertiary/aromatic N) is 5. The number of anilines is 3. The first-order valence-corrected chi connectivity index (χ1v) is 10.7. The van der Waals surface area contributed by atoms with Crippen LogP contribution in [0.4, 0.5) is 26.4 Å². The van der Waals surface area contributed by atoms with E-state index in [1.165, 1.54) is 6.07 Å². The number of fused-ring (bicyclic) bond motifs is 2. The number of piperazine rings is 1. The molecular formula is C22H26FN7O. The third-order valence-electron chi connectivity index (χ3n) is 6.09. The molecule has 1 fully saturated rings. The van der Waals surface area contributed by atoms with Crippen LogP contribution >= 0.6 is 0 Å². The van der Waals surface area contributed by atoms with Crippen molar-refractivity contribution in [1.29, 1.82) is 0 Å². The summed E-state index contributed by atoms with van der Waals surface area (Å²) in [6.45, 7) is 7.35. The van der Waals surface area contributed by atoms with Crippen LogP contribution < -0.4 is 20.4 Å². The van der Waals surface area contributed by atoms with Crippen molar-refractivity contribution in [1.82, 2.24) is 19.7 Å². The lowest BCUT2D eigenvalue weighted by molar-refractivity contribution is 0.257. The summed E-state index contributed by atoms with van der Waals surface area (Å²) in [5.41, 5.74) is 3.63. The Morgan fingerprint density at radius 2 is 2.23 bits per heavy atom. The summed E-state index contributed by atoms with van der Waals surface area (Å²) in [5.74, 6) is 0.139. The summed E-state index contributed by atoms with van der Waals surface area (Å²) in [5, 5.41) is 6.25. The number of carbonyl (C=O) groups excluding carboxylic acids is 1. The number of carbonyl (C=O) groups is 1. The molecule has 2 amide bonds. The monoisotopic (exact) mass is 423 g/mol. The Hall–Kier alpha value is -3.20. The second kappa shape index (κ2) is 7.81. The highest BCUT2D eigenvalue weighted by molar-refractivity contribution is 6.03. The molecule has 0 bridgehead atoms. The third-order valence-corrected chi connectivity index (χ3v) is 6.09. The van der Waals surface area contributed by atoms with Gasteiger partial charge in [0.2, 0.25) is 0 Å². The minimum atomic E-state index is -0.515. The van der Waals surface area contributed by atoms with Crippen LogP contribution in [0.3, 0.4) is 0 Å². The summed E-state index contributed by atoms with van der Waals surface area (Å²) >= 11 is 0. The average molecular weight is 423 g/mol. The summed E-state index contributed by atoms with van der Waals surface area (Å²) in [4.78, 5) is 25.7. The zero-order valence-corrected chi connectivity index (χ0v) is 17.7. The molecule has 0 radical (unpaired) electrons. The number of halogens is 1. The number of aryl methyl sites for hydroxylation is 1. The normalized spacial score (nSPS) is 18.5. The number of urea groups is 1. The number of amides is 2. The van der Waals surface area contributed by atoms with Crippen molar-refractivity contribution in [2.75, 3.05) is 41.3 Å². The Kier molecular flexibility index (Phi) is 4.97. The number of hydrogen-bond donors (Lipinski definition) is 2. The van der Waals surface area contributed by atoms with Gasteiger partial charge in [-0.2, -0.15) is 0 Å². The van der Waals surface area contributed by atoms with Crippen molar-refractivity contribution in [3.63, 3.8) is 0 Å². The smallest absolute Gasteiger partial charge is 0.327 e. The van der Waals surface area contributed by atoms with Gasteiger partial charge in [0.05, 0.1) is 11.4 Å². The van der Waals surface area contributed by atoms with Gasteiger partial charge in [-0.3, -0.25) is 4.90 Å². The number of pyridine rings is 2. The molecule has 5 heterocycles. The highest BCUT2D eigenvalue weighted by atomic mass is 19.1. The fourth-order valence-electron chi connectivity index (χ4n) is 4.50. The van der Waals surface area contributed by atoms with Gasteiger partial charge in [0, 0.05) is 68.1 Å². The molecular weight excluding hydrogens is 397 g/mol. The molecule has 3 aromatic heterocycles. The van der Waals surface area contributed by atoms with E-state index in [2.05, 4.69) is 32.4 Å². The predicted octanol–water partition coefficient (Wildman–Crippen LogP) is 2.96. The van der Waals surface area contributed by atoms with Gasteiger partial charge in [-0.1, -0.05) is 6.92 Å². The van der Waals surface area contributed by atoms with Crippen molar-refractivity contribution in [2.24, 2.45) is 0 Å². The van der Waals surface area contributed by atoms with Crippen LogP contribution in [0, 0.1) is 12.7 Å². The van der Waals surface area contributed by atoms with E-state index < -0.39 is 5.82 Å². The highest BCUT2D eigenvalue weighted by Gasteiger charge is 2.31. The van der Waals surface area contributed by atoms with Crippen LogP contribution in [0.15, 0.2) is 30.7 Å². The van der Waals surface area contributed by atoms with Crippen molar-refractivity contribution in [3.8, 4) is 0 Å². The lowest BCUT2D eigenvalue weighted by Gasteiger charge is -2.35. The number of hydrogen-bond acceptors (Lipinski definition) is 5. The first-order chi connectivity index (χ1) is 15.0. The molecule has 31 heavy (non-hydrogen) atoms. The van der Waals surface area contributed by atoms with E-state index >= 15 is 0 Å². The molecule has 1 saturated heterocycles. The fourth-order valence-corrected chi connectivity index (χ4v) is 4.50. The van der Waals surface area contributed by atoms with Crippen molar-refractivity contribution >= 4 is 28.9 Å². The third kappa shape index (κ3) is 3.59. The molecule has 0 unspecified atom stereocenters. The second-order valence-corrected chi connectivity index (χ2v) is 8.15. The lowest BCUT2D eigenvalue weighted by Crippen LogP contribution is -2.50. The SMILES string of the molecule is CC[C@@H]1CN(c2ccnc3c2CCN3C(=O)Nc2cn3cc(C)nc3cc2F)CCN1. The zero-order valence-electron chi connectivity index (χ0n) is 17.7. The Morgan fingerprint density at radius 3 is 3.06 bits per heavy atom. The highest BCUT2D eigenvalue weighted by Crippen LogP contribution is 2.34. The van der Waals surface area contributed by atoms with Gasteiger partial charge < -0.3 is 19.9 Å². The minimum Gasteiger partial charge on any atom is -0.368 e. The maximum atomic E-state index is 14.5. The molecule has 0 saturated carbocycles. The van der Waals surface area contributed by atoms with Gasteiger partial charge in [-0.15, -0.1) is 0 Å². The van der Waals surface area contributed by atoms with Gasteiger partial charge in [-0.25, -0.2) is 19.2 Å². The van der Waals surface area contributed by atoms with Crippen molar-refractivity contribution < 1.29 is 9.18 Å². The molecule has 1 atom stereocenters. The summed E-state index contributed by atoms with van der Waals surface area (Å²) in [7, 11) is 0. The summed E-state index contributed by atoms with van der Waals surface area (Å²) in [6.07, 6.45) is 6.90. The van der Waals surface area contributed by atoms with Crippen LogP contribution in [0.25, 0.3) is 5.65 Å². The van der Waals surface area contributed by atoms with Crippen molar-refractivity contribution in [2.45, 2.75) is 32.7 Å². The average Bonchev–Trinajstić information content (AvgIpc) is 3.36. The second-order valence-electron chi connectivity index (χ2n) is 8.15. The number of aromatic nitrogens is 3. The lowest BCUT2D eigenvalue weighted by atomic mass is 10.1. The van der Waals surface area contributed by atoms with Crippen LogP contribution in [-0.4, -0.2) is 52.6 Å². The van der Waals surface area contributed by atoms with Gasteiger partial charge in [0.15, 0.2) is 5.82 Å². The van der Waals surface area contributed by atoms with E-state index in [0.29, 0.717) is 24.1 Å². The Balaban J connectivity index is 1.39. The van der Waals surface area contributed by atoms with Crippen LogP contribution in [0.1, 0.15) is 24.6 Å². The number of rotatable bonds is 3. The van der Waals surface area contributed by atoms with Crippen LogP contribution in [0.2, 0.25) is 0 Å². The van der Waals surface area contributed by atoms with E-state index in [1.807, 2.05) is 13.0 Å². The van der Waals surface area contributed by atoms with Crippen LogP contribution in [0.5, 0.6) is 0 Å². The molecule has 2 aliphatic rings. The van der Waals surface area contributed by atoms with Gasteiger partial charge in [0.1, 0.15) is 11.5 Å². The van der Waals surface area contributed by atoms with Crippen molar-refractivity contribution in [3.05, 3.63) is 47.8 Å². The minimum absolute atomic E-state index is 0.118. The van der Waals surface area contributed by atoms with Crippen LogP contribution in [-0.2, 0) is 6.42 Å². The van der Waals surface area contributed by atoms with E-state index in [1.54, 1.807) is 27.9 Å². The van der Waals surface area contributed by atoms with E-state index in [0.717, 1.165) is 49.4 Å². The van der Waals surface area contributed by atoms with Gasteiger partial charge >= 0.3 is 6.03 Å². The van der Waals surface area contributed by atoms with E-state index in [9.17, 15) is 9.18 Å². The first kappa shape index (κ1) is 19.7. The Labute approximate surface area is 180 Å². The topological polar surface area (TPSA) is 77.8 Å². The molecule has 8 nitrogen and oxygen atoms in total. The summed E-state index contributed by atoms with van der Waals surface area (Å²) in [6, 6.07) is 3.44. The van der Waals surface area contributed by atoms with E-state index in [-0.39, 0.29) is 11.7 Å². The van der Waals surface area contributed by atoms with Gasteiger partial charge in [0.25, 0.3) is 0 Å². The molecule has 5 rings (SSSR count). The number of nitrogens with one attached hydrogen (secondary N) is 2. The predicted molar refractivity (Wildman–Crippen MR) is 118 cm³/mol. The first-order valence-electron chi connectivity index (χ1n) is 10.7. The van der Waals surface area contributed by atoms with E-state index in [4.69, 9.17) is 0 Å². The molecule has 0 aliphatic carbocycles. The molecule has 3 aromatic rings. The Morgan fingerprint density at radius 1 is 1.35 bits per heavy atom. The molecule has 0 spiro atoms. The number of imidazole rings is 1. The molecule has 2 aliphatic heterocycles. The summed E-state index contributed by atoms with van der Waals surface area (Å²) < 4.78 is 16.2. The standard InChI is InChI=1S/C22H26FN7O/c1-3-15-12-28(9-7-24-15)19-4-6-25-21-16(19)5-8-30(21)22(31)27-18-13-29-11-14(2)26-20(29)10-17(18)23/h4,6,10-11,13,15,24H,3,5,7-9,12H2,1-2H3,(H,27,31)/t15-/m1/s1. The quantitative estimate of drug-likeness (QED) is 0.677. The molecule has 162 valence electrons. The molecule has 0 aromatic carbocycles. The largest absolute Gasteiger partial charge is 0.368 e. The van der Waals surface area contributed by atoms with Gasteiger partial charge in [-0.05, 0) is 25.8 Å². The fraction of sp³-hybridized carbons (Fsp3) is 0.409. The Bertz CT molecular complexity index is 1140. The maximum absolute atomic E-state index is 14.5.